The Hall–Kier alpha value is -2.44. The normalized spacial score (nSPS) is 10.5. The van der Waals surface area contributed by atoms with Crippen LogP contribution in [-0.4, -0.2) is 23.9 Å². The van der Waals surface area contributed by atoms with Crippen LogP contribution in [0.2, 0.25) is 0 Å². The minimum Gasteiger partial charge on any atom is -0.478 e. The maximum absolute atomic E-state index is 14.1. The van der Waals surface area contributed by atoms with Crippen LogP contribution < -0.4 is 10.8 Å². The molecule has 1 aromatic carbocycles. The molecular formula is C14H13BF2N2O2. The number of aryl methyl sites for hydroxylation is 2. The Bertz CT molecular complexity index is 735. The van der Waals surface area contributed by atoms with Gasteiger partial charge in [-0.1, -0.05) is 6.07 Å². The molecule has 108 valence electrons. The molecule has 0 atom stereocenters. The van der Waals surface area contributed by atoms with Crippen molar-refractivity contribution in [2.24, 2.45) is 0 Å². The molecule has 2 N–H and O–H groups in total. The van der Waals surface area contributed by atoms with E-state index in [1.54, 1.807) is 19.2 Å². The summed E-state index contributed by atoms with van der Waals surface area (Å²) in [5, 5.41) is 11.7. The van der Waals surface area contributed by atoms with Crippen molar-refractivity contribution in [3.8, 4) is 0 Å². The summed E-state index contributed by atoms with van der Waals surface area (Å²) < 4.78 is 27.7. The van der Waals surface area contributed by atoms with Crippen molar-refractivity contribution in [3.05, 3.63) is 46.7 Å². The summed E-state index contributed by atoms with van der Waals surface area (Å²) in [6.07, 6.45) is 1.55. The van der Waals surface area contributed by atoms with E-state index >= 15 is 0 Å². The molecule has 21 heavy (non-hydrogen) atoms. The number of nitrogens with zero attached hydrogens (tertiary/aromatic N) is 1. The highest BCUT2D eigenvalue weighted by molar-refractivity contribution is 6.33. The number of benzene rings is 1. The number of hydrogen-bond acceptors (Lipinski definition) is 3. The second-order valence-electron chi connectivity index (χ2n) is 4.85. The van der Waals surface area contributed by atoms with Gasteiger partial charge in [0.15, 0.2) is 11.6 Å². The van der Waals surface area contributed by atoms with Gasteiger partial charge in [0.1, 0.15) is 13.7 Å². The van der Waals surface area contributed by atoms with Gasteiger partial charge in [0.05, 0.1) is 11.3 Å². The number of carboxylic acid groups (broad SMARTS) is 1. The van der Waals surface area contributed by atoms with Crippen LogP contribution in [0.25, 0.3) is 0 Å². The van der Waals surface area contributed by atoms with Crippen LogP contribution in [0.15, 0.2) is 18.3 Å². The van der Waals surface area contributed by atoms with E-state index in [9.17, 15) is 13.6 Å². The van der Waals surface area contributed by atoms with Gasteiger partial charge in [-0.2, -0.15) is 0 Å². The number of halogens is 2. The first-order valence-electron chi connectivity index (χ1n) is 6.23. The van der Waals surface area contributed by atoms with E-state index in [4.69, 9.17) is 5.11 Å². The quantitative estimate of drug-likeness (QED) is 0.844. The predicted molar refractivity (Wildman–Crippen MR) is 78.5 cm³/mol. The van der Waals surface area contributed by atoms with Crippen molar-refractivity contribution in [1.82, 2.24) is 4.98 Å². The molecule has 1 heterocycles. The average Bonchev–Trinajstić information content (AvgIpc) is 2.41. The maximum atomic E-state index is 14.1. The number of carbonyl (C=O) groups is 1. The lowest BCUT2D eigenvalue weighted by Crippen LogP contribution is -2.18. The molecule has 4 nitrogen and oxygen atoms in total. The standard InChI is InChI=1S/C14H13BF2N2O2/c1-6-3-7(2)13(18-5-6)19-12-8(14(20)21)4-9(15)10(16)11(12)17/h3-5H,15H2,1-2H3,(H,18,19)(H,20,21). The molecule has 0 saturated carbocycles. The Morgan fingerprint density at radius 2 is 1.95 bits per heavy atom. The van der Waals surface area contributed by atoms with Gasteiger partial charge in [0, 0.05) is 6.20 Å². The lowest BCUT2D eigenvalue weighted by atomic mass is 9.92. The largest absolute Gasteiger partial charge is 0.478 e. The molecule has 0 fully saturated rings. The van der Waals surface area contributed by atoms with Gasteiger partial charge in [-0.25, -0.2) is 18.6 Å². The van der Waals surface area contributed by atoms with E-state index < -0.39 is 23.3 Å². The Balaban J connectivity index is 2.57. The Kier molecular flexibility index (Phi) is 3.93. The number of aromatic nitrogens is 1. The highest BCUT2D eigenvalue weighted by Gasteiger charge is 2.21. The van der Waals surface area contributed by atoms with Gasteiger partial charge >= 0.3 is 5.97 Å². The van der Waals surface area contributed by atoms with Gasteiger partial charge in [-0.3, -0.25) is 0 Å². The molecule has 7 heteroatoms. The third-order valence-corrected chi connectivity index (χ3v) is 3.08. The first-order valence-corrected chi connectivity index (χ1v) is 6.23. The molecule has 0 aliphatic heterocycles. The number of anilines is 2. The van der Waals surface area contributed by atoms with Crippen molar-refractivity contribution >= 4 is 30.8 Å². The fraction of sp³-hybridized carbons (Fsp3) is 0.143. The van der Waals surface area contributed by atoms with E-state index in [-0.39, 0.29) is 16.8 Å². The topological polar surface area (TPSA) is 62.2 Å². The second-order valence-corrected chi connectivity index (χ2v) is 4.85. The molecule has 0 spiro atoms. The zero-order valence-corrected chi connectivity index (χ0v) is 11.8. The Morgan fingerprint density at radius 3 is 2.52 bits per heavy atom. The van der Waals surface area contributed by atoms with Crippen molar-refractivity contribution in [2.45, 2.75) is 13.8 Å². The summed E-state index contributed by atoms with van der Waals surface area (Å²) in [6, 6.07) is 2.89. The molecule has 0 amide bonds. The highest BCUT2D eigenvalue weighted by atomic mass is 19.2. The maximum Gasteiger partial charge on any atom is 0.337 e. The van der Waals surface area contributed by atoms with E-state index in [1.165, 1.54) is 7.85 Å². The van der Waals surface area contributed by atoms with Crippen molar-refractivity contribution in [3.63, 3.8) is 0 Å². The smallest absolute Gasteiger partial charge is 0.337 e. The number of aromatic carboxylic acids is 1. The predicted octanol–water partition coefficient (Wildman–Crippen LogP) is 1.68. The molecule has 0 saturated heterocycles. The number of rotatable bonds is 3. The molecular weight excluding hydrogens is 277 g/mol. The Labute approximate surface area is 121 Å². The summed E-state index contributed by atoms with van der Waals surface area (Å²) in [6.45, 7) is 3.59. The molecule has 2 aromatic rings. The third-order valence-electron chi connectivity index (χ3n) is 3.08. The highest BCUT2D eigenvalue weighted by Crippen LogP contribution is 2.26. The summed E-state index contributed by atoms with van der Waals surface area (Å²) in [4.78, 5) is 15.3. The second kappa shape index (κ2) is 5.51. The van der Waals surface area contributed by atoms with Crippen molar-refractivity contribution in [1.29, 1.82) is 0 Å². The van der Waals surface area contributed by atoms with Crippen LogP contribution in [0.3, 0.4) is 0 Å². The summed E-state index contributed by atoms with van der Waals surface area (Å²) in [5.41, 5.74) is 0.779. The monoisotopic (exact) mass is 290 g/mol. The zero-order chi connectivity index (χ0) is 15.7. The third kappa shape index (κ3) is 2.86. The van der Waals surface area contributed by atoms with Gasteiger partial charge in [0.25, 0.3) is 0 Å². The van der Waals surface area contributed by atoms with Gasteiger partial charge in [-0.05, 0) is 36.5 Å². The number of pyridine rings is 1. The first kappa shape index (κ1) is 15.0. The average molecular weight is 290 g/mol. The van der Waals surface area contributed by atoms with E-state index in [0.29, 0.717) is 5.56 Å². The molecule has 0 radical (unpaired) electrons. The van der Waals surface area contributed by atoms with Crippen molar-refractivity contribution < 1.29 is 18.7 Å². The van der Waals surface area contributed by atoms with Crippen LogP contribution in [0.5, 0.6) is 0 Å². The molecule has 0 bridgehead atoms. The Morgan fingerprint density at radius 1 is 1.29 bits per heavy atom. The molecule has 2 rings (SSSR count). The van der Waals surface area contributed by atoms with Crippen LogP contribution in [0.4, 0.5) is 20.3 Å². The molecule has 1 aromatic heterocycles. The fourth-order valence-electron chi connectivity index (χ4n) is 2.01. The van der Waals surface area contributed by atoms with Crippen LogP contribution in [-0.2, 0) is 0 Å². The molecule has 0 aliphatic carbocycles. The van der Waals surface area contributed by atoms with Crippen LogP contribution >= 0.6 is 0 Å². The van der Waals surface area contributed by atoms with Gasteiger partial charge in [-0.15, -0.1) is 0 Å². The number of hydrogen-bond donors (Lipinski definition) is 2. The summed E-state index contributed by atoms with van der Waals surface area (Å²) in [5.74, 6) is -3.36. The van der Waals surface area contributed by atoms with Crippen LogP contribution in [0.1, 0.15) is 21.5 Å². The van der Waals surface area contributed by atoms with Gasteiger partial charge < -0.3 is 10.4 Å². The van der Waals surface area contributed by atoms with E-state index in [1.807, 2.05) is 6.92 Å². The first-order chi connectivity index (χ1) is 9.81. The summed E-state index contributed by atoms with van der Waals surface area (Å²) >= 11 is 0. The lowest BCUT2D eigenvalue weighted by Gasteiger charge is -2.14. The molecule has 0 aliphatic rings. The van der Waals surface area contributed by atoms with E-state index in [0.717, 1.165) is 11.6 Å². The van der Waals surface area contributed by atoms with Gasteiger partial charge in [0.2, 0.25) is 0 Å². The summed E-state index contributed by atoms with van der Waals surface area (Å²) in [7, 11) is 1.31. The minimum atomic E-state index is -1.34. The lowest BCUT2D eigenvalue weighted by molar-refractivity contribution is 0.0697. The SMILES string of the molecule is Bc1cc(C(=O)O)c(Nc2ncc(C)cc2C)c(F)c1F. The minimum absolute atomic E-state index is 0.0657. The zero-order valence-electron chi connectivity index (χ0n) is 11.8. The van der Waals surface area contributed by atoms with Crippen LogP contribution in [0, 0.1) is 25.5 Å². The van der Waals surface area contributed by atoms with E-state index in [2.05, 4.69) is 10.3 Å². The number of nitrogens with one attached hydrogen (secondary N) is 1. The van der Waals surface area contributed by atoms with Crippen molar-refractivity contribution in [2.75, 3.05) is 5.32 Å². The fourth-order valence-corrected chi connectivity index (χ4v) is 2.01. The number of carboxylic acids is 1. The molecule has 0 unspecified atom stereocenters.